The van der Waals surface area contributed by atoms with Gasteiger partial charge in [-0.25, -0.2) is 0 Å². The van der Waals surface area contributed by atoms with E-state index in [9.17, 15) is 4.79 Å². The Kier molecular flexibility index (Phi) is 4.91. The second kappa shape index (κ2) is 5.99. The van der Waals surface area contributed by atoms with Gasteiger partial charge in [-0.15, -0.1) is 0 Å². The largest absolute Gasteiger partial charge is 0.465 e. The maximum Gasteiger partial charge on any atom is 0.320 e. The Balaban J connectivity index is 2.36. The van der Waals surface area contributed by atoms with E-state index in [-0.39, 0.29) is 5.97 Å². The zero-order valence-electron chi connectivity index (χ0n) is 10.9. The number of hydrogen-bond donors (Lipinski definition) is 0. The fourth-order valence-electron chi connectivity index (χ4n) is 1.92. The maximum absolute atomic E-state index is 11.3. The molecule has 0 aromatic rings. The molecule has 1 heterocycles. The minimum absolute atomic E-state index is 0.166. The van der Waals surface area contributed by atoms with Crippen LogP contribution in [0.2, 0.25) is 0 Å². The van der Waals surface area contributed by atoms with Crippen molar-refractivity contribution in [1.29, 1.82) is 5.26 Å². The summed E-state index contributed by atoms with van der Waals surface area (Å²) in [5, 5.41) is 9.05. The van der Waals surface area contributed by atoms with Crippen LogP contribution in [0.5, 0.6) is 0 Å². The number of rotatable bonds is 4. The predicted octanol–water partition coefficient (Wildman–Crippen LogP) is 0.469. The molecule has 1 aliphatic rings. The monoisotopic (exact) mass is 239 g/mol. The third kappa shape index (κ3) is 3.99. The lowest BCUT2D eigenvalue weighted by Crippen LogP contribution is -2.54. The van der Waals surface area contributed by atoms with E-state index in [0.717, 1.165) is 26.2 Å². The number of esters is 1. The molecule has 96 valence electrons. The van der Waals surface area contributed by atoms with Gasteiger partial charge in [0.2, 0.25) is 0 Å². The van der Waals surface area contributed by atoms with Gasteiger partial charge in [0.25, 0.3) is 0 Å². The Morgan fingerprint density at radius 1 is 1.35 bits per heavy atom. The molecule has 1 saturated heterocycles. The smallest absolute Gasteiger partial charge is 0.320 e. The van der Waals surface area contributed by atoms with Gasteiger partial charge < -0.3 is 4.74 Å². The Bertz CT molecular complexity index is 301. The molecule has 0 aromatic carbocycles. The summed E-state index contributed by atoms with van der Waals surface area (Å²) in [4.78, 5) is 15.5. The minimum atomic E-state index is -0.421. The average Bonchev–Trinajstić information content (AvgIpc) is 2.30. The summed E-state index contributed by atoms with van der Waals surface area (Å²) in [6.07, 6.45) is 0. The van der Waals surface area contributed by atoms with Gasteiger partial charge in [-0.05, 0) is 20.8 Å². The van der Waals surface area contributed by atoms with E-state index in [0.29, 0.717) is 13.2 Å². The van der Waals surface area contributed by atoms with Crippen LogP contribution in [0, 0.1) is 11.3 Å². The highest BCUT2D eigenvalue weighted by atomic mass is 16.5. The summed E-state index contributed by atoms with van der Waals surface area (Å²) in [5.74, 6) is -0.166. The second-order valence-corrected chi connectivity index (χ2v) is 4.74. The van der Waals surface area contributed by atoms with Crippen molar-refractivity contribution in [2.45, 2.75) is 26.3 Å². The van der Waals surface area contributed by atoms with Crippen molar-refractivity contribution in [1.82, 2.24) is 9.80 Å². The molecule has 5 heteroatoms. The zero-order valence-corrected chi connectivity index (χ0v) is 10.9. The molecule has 0 radical (unpaired) electrons. The lowest BCUT2D eigenvalue weighted by atomic mass is 10.0. The average molecular weight is 239 g/mol. The summed E-state index contributed by atoms with van der Waals surface area (Å²) < 4.78 is 4.91. The molecule has 0 amide bonds. The summed E-state index contributed by atoms with van der Waals surface area (Å²) >= 11 is 0. The first-order chi connectivity index (χ1) is 7.99. The van der Waals surface area contributed by atoms with E-state index in [4.69, 9.17) is 10.00 Å². The normalized spacial score (nSPS) is 18.7. The highest BCUT2D eigenvalue weighted by Gasteiger charge is 2.30. The van der Waals surface area contributed by atoms with Crippen molar-refractivity contribution in [3.63, 3.8) is 0 Å². The van der Waals surface area contributed by atoms with Gasteiger partial charge >= 0.3 is 5.97 Å². The highest BCUT2D eigenvalue weighted by molar-refractivity contribution is 5.71. The molecule has 5 nitrogen and oxygen atoms in total. The van der Waals surface area contributed by atoms with Gasteiger partial charge in [0, 0.05) is 26.2 Å². The van der Waals surface area contributed by atoms with Crippen LogP contribution in [0.3, 0.4) is 0 Å². The molecule has 0 saturated carbocycles. The third-order valence-corrected chi connectivity index (χ3v) is 3.09. The van der Waals surface area contributed by atoms with Gasteiger partial charge in [0.15, 0.2) is 0 Å². The van der Waals surface area contributed by atoms with Gasteiger partial charge in [0.1, 0.15) is 5.54 Å². The lowest BCUT2D eigenvalue weighted by molar-refractivity contribution is -0.144. The van der Waals surface area contributed by atoms with E-state index in [1.54, 1.807) is 0 Å². The first-order valence-electron chi connectivity index (χ1n) is 6.04. The fourth-order valence-corrected chi connectivity index (χ4v) is 1.92. The van der Waals surface area contributed by atoms with E-state index < -0.39 is 5.54 Å². The lowest BCUT2D eigenvalue weighted by Gasteiger charge is -2.40. The standard InChI is InChI=1S/C12H21N3O2/c1-4-17-11(16)9-14-5-7-15(8-6-14)12(2,3)10-13/h4-9H2,1-3H3. The molecular formula is C12H21N3O2. The number of carbonyl (C=O) groups excluding carboxylic acids is 1. The van der Waals surface area contributed by atoms with Gasteiger partial charge in [-0.1, -0.05) is 0 Å². The van der Waals surface area contributed by atoms with Crippen LogP contribution in [0.1, 0.15) is 20.8 Å². The number of hydrogen-bond acceptors (Lipinski definition) is 5. The highest BCUT2D eigenvalue weighted by Crippen LogP contribution is 2.15. The quantitative estimate of drug-likeness (QED) is 0.667. The van der Waals surface area contributed by atoms with Crippen LogP contribution in [-0.2, 0) is 9.53 Å². The number of nitriles is 1. The SMILES string of the molecule is CCOC(=O)CN1CCN(C(C)(C)C#N)CC1. The molecule has 17 heavy (non-hydrogen) atoms. The van der Waals surface area contributed by atoms with Crippen LogP contribution >= 0.6 is 0 Å². The summed E-state index contributed by atoms with van der Waals surface area (Å²) in [6.45, 7) is 9.70. The minimum Gasteiger partial charge on any atom is -0.465 e. The van der Waals surface area contributed by atoms with Crippen molar-refractivity contribution >= 4 is 5.97 Å². The molecule has 0 aliphatic carbocycles. The number of ether oxygens (including phenoxy) is 1. The van der Waals surface area contributed by atoms with Crippen LogP contribution in [0.25, 0.3) is 0 Å². The fraction of sp³-hybridized carbons (Fsp3) is 0.833. The van der Waals surface area contributed by atoms with Crippen LogP contribution in [0.15, 0.2) is 0 Å². The number of piperazine rings is 1. The Morgan fingerprint density at radius 2 is 1.94 bits per heavy atom. The molecule has 1 fully saturated rings. The summed E-state index contributed by atoms with van der Waals surface area (Å²) in [7, 11) is 0. The zero-order chi connectivity index (χ0) is 12.9. The predicted molar refractivity (Wildman–Crippen MR) is 64.3 cm³/mol. The van der Waals surface area contributed by atoms with Crippen molar-refractivity contribution in [2.24, 2.45) is 0 Å². The van der Waals surface area contributed by atoms with Crippen LogP contribution < -0.4 is 0 Å². The van der Waals surface area contributed by atoms with E-state index in [1.807, 2.05) is 20.8 Å². The van der Waals surface area contributed by atoms with E-state index in [2.05, 4.69) is 15.9 Å². The summed E-state index contributed by atoms with van der Waals surface area (Å²) in [5.41, 5.74) is -0.421. The molecule has 0 N–H and O–H groups in total. The molecule has 0 unspecified atom stereocenters. The Hall–Kier alpha value is -1.12. The van der Waals surface area contributed by atoms with E-state index in [1.165, 1.54) is 0 Å². The van der Waals surface area contributed by atoms with Gasteiger partial charge in [-0.3, -0.25) is 14.6 Å². The van der Waals surface area contributed by atoms with E-state index >= 15 is 0 Å². The van der Waals surface area contributed by atoms with Crippen molar-refractivity contribution < 1.29 is 9.53 Å². The number of nitrogens with zero attached hydrogens (tertiary/aromatic N) is 3. The Morgan fingerprint density at radius 3 is 2.41 bits per heavy atom. The van der Waals surface area contributed by atoms with Crippen LogP contribution in [-0.4, -0.2) is 60.6 Å². The van der Waals surface area contributed by atoms with Gasteiger partial charge in [-0.2, -0.15) is 5.26 Å². The summed E-state index contributed by atoms with van der Waals surface area (Å²) in [6, 6.07) is 2.30. The van der Waals surface area contributed by atoms with Gasteiger partial charge in [0.05, 0.1) is 19.2 Å². The maximum atomic E-state index is 11.3. The molecule has 0 aromatic heterocycles. The molecule has 0 bridgehead atoms. The van der Waals surface area contributed by atoms with Crippen molar-refractivity contribution in [3.8, 4) is 6.07 Å². The van der Waals surface area contributed by atoms with Crippen LogP contribution in [0.4, 0.5) is 0 Å². The molecule has 0 atom stereocenters. The number of carbonyl (C=O) groups is 1. The molecule has 1 aliphatic heterocycles. The first kappa shape index (κ1) is 13.9. The van der Waals surface area contributed by atoms with Crippen molar-refractivity contribution in [2.75, 3.05) is 39.3 Å². The first-order valence-corrected chi connectivity index (χ1v) is 6.04. The third-order valence-electron chi connectivity index (χ3n) is 3.09. The second-order valence-electron chi connectivity index (χ2n) is 4.74. The molecule has 1 rings (SSSR count). The Labute approximate surface area is 103 Å². The topological polar surface area (TPSA) is 56.6 Å². The molecule has 0 spiro atoms. The van der Waals surface area contributed by atoms with Crippen molar-refractivity contribution in [3.05, 3.63) is 0 Å². The molecular weight excluding hydrogens is 218 g/mol.